The van der Waals surface area contributed by atoms with Crippen LogP contribution in [0, 0.1) is 0 Å². The molecule has 3 nitrogen and oxygen atoms in total. The average Bonchev–Trinajstić information content (AvgIpc) is 3.77. The number of aromatic nitrogens is 3. The van der Waals surface area contributed by atoms with E-state index >= 15 is 0 Å². The number of thiophene rings is 1. The van der Waals surface area contributed by atoms with E-state index in [0.717, 1.165) is 22.2 Å². The van der Waals surface area contributed by atoms with Crippen molar-refractivity contribution < 1.29 is 0 Å². The predicted octanol–water partition coefficient (Wildman–Crippen LogP) is 11.1. The van der Waals surface area contributed by atoms with Gasteiger partial charge < -0.3 is 0 Å². The molecule has 0 atom stereocenters. The summed E-state index contributed by atoms with van der Waals surface area (Å²) in [6.07, 6.45) is 0. The number of hydrogen-bond acceptors (Lipinski definition) is 3. The Labute approximate surface area is 262 Å². The Morgan fingerprint density at radius 2 is 1.31 bits per heavy atom. The zero-order chi connectivity index (χ0) is 29.6. The van der Waals surface area contributed by atoms with Crippen LogP contribution >= 0.6 is 11.3 Å². The van der Waals surface area contributed by atoms with Crippen LogP contribution in [0.4, 0.5) is 0 Å². The number of hydrogen-bond donors (Lipinski definition) is 0. The van der Waals surface area contributed by atoms with Crippen LogP contribution < -0.4 is 0 Å². The van der Waals surface area contributed by atoms with Gasteiger partial charge in [0.15, 0.2) is 5.65 Å². The van der Waals surface area contributed by atoms with Crippen LogP contribution in [0.2, 0.25) is 0 Å². The molecule has 0 aliphatic heterocycles. The summed E-state index contributed by atoms with van der Waals surface area (Å²) in [6.45, 7) is 4.71. The van der Waals surface area contributed by atoms with Gasteiger partial charge in [-0.15, -0.1) is 11.3 Å². The van der Waals surface area contributed by atoms with E-state index in [1.54, 1.807) is 0 Å². The molecular formula is C41H25N3S. The number of nitrogens with zero attached hydrogens (tertiary/aromatic N) is 3. The second-order valence-electron chi connectivity index (χ2n) is 13.0. The topological polar surface area (TPSA) is 30.2 Å². The summed E-state index contributed by atoms with van der Waals surface area (Å²) >= 11 is 1.87. The minimum Gasteiger partial charge on any atom is -0.291 e. The van der Waals surface area contributed by atoms with Crippen LogP contribution in [0.3, 0.4) is 0 Å². The van der Waals surface area contributed by atoms with Gasteiger partial charge in [-0.2, -0.15) is 0 Å². The Morgan fingerprint density at radius 3 is 2.22 bits per heavy atom. The maximum Gasteiger partial charge on any atom is 0.165 e. The second-order valence-corrected chi connectivity index (χ2v) is 14.1. The lowest BCUT2D eigenvalue weighted by molar-refractivity contribution is 0.660. The zero-order valence-electron chi connectivity index (χ0n) is 24.7. The van der Waals surface area contributed by atoms with Crippen molar-refractivity contribution in [2.45, 2.75) is 19.3 Å². The molecule has 6 aromatic carbocycles. The third kappa shape index (κ3) is 2.91. The Morgan fingerprint density at radius 1 is 0.578 bits per heavy atom. The smallest absolute Gasteiger partial charge is 0.165 e. The number of fused-ring (bicyclic) bond motifs is 14. The molecule has 1 aliphatic carbocycles. The van der Waals surface area contributed by atoms with Crippen molar-refractivity contribution in [2.24, 2.45) is 0 Å². The number of benzene rings is 6. The number of para-hydroxylation sites is 2. The minimum absolute atomic E-state index is 0.0370. The molecule has 0 bridgehead atoms. The molecule has 0 unspecified atom stereocenters. The largest absolute Gasteiger partial charge is 0.291 e. The third-order valence-corrected chi connectivity index (χ3v) is 11.4. The molecule has 0 spiro atoms. The lowest BCUT2D eigenvalue weighted by Crippen LogP contribution is -2.14. The summed E-state index contributed by atoms with van der Waals surface area (Å²) in [4.78, 5) is 10.4. The van der Waals surface area contributed by atoms with Gasteiger partial charge in [0, 0.05) is 41.7 Å². The summed E-state index contributed by atoms with van der Waals surface area (Å²) < 4.78 is 4.98. The first kappa shape index (κ1) is 24.1. The van der Waals surface area contributed by atoms with Crippen molar-refractivity contribution in [1.82, 2.24) is 14.4 Å². The van der Waals surface area contributed by atoms with Crippen LogP contribution in [-0.4, -0.2) is 14.4 Å². The molecule has 45 heavy (non-hydrogen) atoms. The molecule has 4 aromatic heterocycles. The van der Waals surface area contributed by atoms with Gasteiger partial charge in [0.05, 0.1) is 22.1 Å². The Kier molecular flexibility index (Phi) is 4.29. The molecule has 210 valence electrons. The van der Waals surface area contributed by atoms with Crippen LogP contribution in [0.1, 0.15) is 25.0 Å². The van der Waals surface area contributed by atoms with Crippen molar-refractivity contribution in [3.8, 4) is 22.3 Å². The minimum atomic E-state index is -0.0370. The lowest BCUT2D eigenvalue weighted by atomic mass is 9.81. The molecule has 0 saturated carbocycles. The van der Waals surface area contributed by atoms with Crippen molar-refractivity contribution >= 4 is 80.9 Å². The van der Waals surface area contributed by atoms with Gasteiger partial charge in [-0.25, -0.2) is 9.97 Å². The Hall–Kier alpha value is -5.32. The maximum atomic E-state index is 5.21. The summed E-state index contributed by atoms with van der Waals surface area (Å²) in [6, 6.07) is 42.3. The van der Waals surface area contributed by atoms with E-state index in [2.05, 4.69) is 121 Å². The van der Waals surface area contributed by atoms with Crippen LogP contribution in [0.25, 0.3) is 91.8 Å². The molecular weight excluding hydrogens is 567 g/mol. The van der Waals surface area contributed by atoms with Gasteiger partial charge in [-0.3, -0.25) is 4.40 Å². The zero-order valence-corrected chi connectivity index (χ0v) is 25.5. The molecule has 0 fully saturated rings. The average molecular weight is 592 g/mol. The molecule has 1 aliphatic rings. The fourth-order valence-electron chi connectivity index (χ4n) is 8.21. The van der Waals surface area contributed by atoms with Crippen LogP contribution in [0.15, 0.2) is 115 Å². The van der Waals surface area contributed by atoms with Crippen molar-refractivity contribution in [2.75, 3.05) is 0 Å². The predicted molar refractivity (Wildman–Crippen MR) is 190 cm³/mol. The summed E-state index contributed by atoms with van der Waals surface area (Å²) in [7, 11) is 0. The van der Waals surface area contributed by atoms with Crippen molar-refractivity contribution in [3.05, 3.63) is 126 Å². The van der Waals surface area contributed by atoms with Gasteiger partial charge in [0.2, 0.25) is 0 Å². The molecule has 0 radical (unpaired) electrons. The van der Waals surface area contributed by atoms with Crippen molar-refractivity contribution in [3.63, 3.8) is 0 Å². The standard InChI is InChI=1S/C41H25N3S/c1-41(2)29-11-5-3-9-24(29)25-17-15-23(20-30(25)41)22-16-18-33-27(19-22)37-36-26-10-4-8-14-34(26)45-35(36)21-28-38-40(44(33)39(28)37)43-32-13-7-6-12-31(32)42-38/h3-21H,1-2H3. The molecule has 11 rings (SSSR count). The first-order valence-electron chi connectivity index (χ1n) is 15.5. The first-order valence-corrected chi connectivity index (χ1v) is 16.3. The monoisotopic (exact) mass is 591 g/mol. The highest BCUT2D eigenvalue weighted by atomic mass is 32.1. The fraction of sp³-hybridized carbons (Fsp3) is 0.0732. The molecule has 0 amide bonds. The number of rotatable bonds is 1. The molecule has 0 N–H and O–H groups in total. The van der Waals surface area contributed by atoms with Crippen LogP contribution in [-0.2, 0) is 5.41 Å². The maximum absolute atomic E-state index is 5.21. The highest BCUT2D eigenvalue weighted by molar-refractivity contribution is 7.26. The quantitative estimate of drug-likeness (QED) is 0.190. The third-order valence-electron chi connectivity index (χ3n) is 10.3. The van der Waals surface area contributed by atoms with E-state index in [-0.39, 0.29) is 5.41 Å². The van der Waals surface area contributed by atoms with Crippen LogP contribution in [0.5, 0.6) is 0 Å². The Balaban J connectivity index is 1.26. The van der Waals surface area contributed by atoms with E-state index in [1.165, 1.54) is 80.7 Å². The van der Waals surface area contributed by atoms with E-state index in [1.807, 2.05) is 23.5 Å². The second kappa shape index (κ2) is 8.03. The molecule has 0 saturated heterocycles. The highest BCUT2D eigenvalue weighted by Gasteiger charge is 2.35. The SMILES string of the molecule is CC1(C)c2ccccc2-c2ccc(-c3ccc4c(c3)c3c5c(cc6c7nc8ccccc8nc7n4c63)sc3ccccc35)cc21. The van der Waals surface area contributed by atoms with Gasteiger partial charge >= 0.3 is 0 Å². The van der Waals surface area contributed by atoms with E-state index in [0.29, 0.717) is 0 Å². The summed E-state index contributed by atoms with van der Waals surface area (Å²) in [5.74, 6) is 0. The van der Waals surface area contributed by atoms with E-state index < -0.39 is 0 Å². The van der Waals surface area contributed by atoms with Gasteiger partial charge in [-0.05, 0) is 75.8 Å². The molecule has 10 aromatic rings. The highest BCUT2D eigenvalue weighted by Crippen LogP contribution is 2.51. The van der Waals surface area contributed by atoms with Gasteiger partial charge in [-0.1, -0.05) is 86.6 Å². The molecule has 4 heteroatoms. The normalized spacial score (nSPS) is 14.2. The lowest BCUT2D eigenvalue weighted by Gasteiger charge is -2.22. The van der Waals surface area contributed by atoms with E-state index in [4.69, 9.17) is 9.97 Å². The summed E-state index contributed by atoms with van der Waals surface area (Å²) in [5, 5.41) is 6.38. The molecule has 4 heterocycles. The van der Waals surface area contributed by atoms with Crippen molar-refractivity contribution in [1.29, 1.82) is 0 Å². The first-order chi connectivity index (χ1) is 22.1. The van der Waals surface area contributed by atoms with E-state index in [9.17, 15) is 0 Å². The Bertz CT molecular complexity index is 2910. The van der Waals surface area contributed by atoms with Gasteiger partial charge in [0.25, 0.3) is 0 Å². The van der Waals surface area contributed by atoms with Gasteiger partial charge in [0.1, 0.15) is 5.52 Å². The fourth-order valence-corrected chi connectivity index (χ4v) is 9.37. The summed E-state index contributed by atoms with van der Waals surface area (Å²) in [5.41, 5.74) is 14.1.